The smallest absolute Gasteiger partial charge is 0.171 e. The van der Waals surface area contributed by atoms with Gasteiger partial charge in [-0.25, -0.2) is 4.98 Å². The molecular formula is C9H9ClN2O. The molecule has 0 saturated carbocycles. The Bertz CT molecular complexity index is 357. The van der Waals surface area contributed by atoms with Crippen molar-refractivity contribution in [1.82, 2.24) is 4.98 Å². The Balaban J connectivity index is 3.16. The van der Waals surface area contributed by atoms with Gasteiger partial charge in [-0.05, 0) is 13.8 Å². The summed E-state index contributed by atoms with van der Waals surface area (Å²) in [6.07, 6.45) is 0. The maximum absolute atomic E-state index is 8.71. The quantitative estimate of drug-likeness (QED) is 0.682. The van der Waals surface area contributed by atoms with Gasteiger partial charge in [0.1, 0.15) is 6.07 Å². The first kappa shape index (κ1) is 9.82. The summed E-state index contributed by atoms with van der Waals surface area (Å²) in [5, 5.41) is 9.02. The van der Waals surface area contributed by atoms with Gasteiger partial charge in [-0.15, -0.1) is 0 Å². The van der Waals surface area contributed by atoms with E-state index in [9.17, 15) is 0 Å². The average Bonchev–Trinajstić information content (AvgIpc) is 2.10. The van der Waals surface area contributed by atoms with Crippen molar-refractivity contribution >= 4 is 11.6 Å². The highest BCUT2D eigenvalue weighted by Gasteiger charge is 2.07. The number of hydrogen-bond donors (Lipinski definition) is 0. The molecule has 0 aliphatic heterocycles. The molecule has 0 spiro atoms. The van der Waals surface area contributed by atoms with Gasteiger partial charge in [0.05, 0.1) is 17.9 Å². The molecule has 0 bridgehead atoms. The Morgan fingerprint density at radius 3 is 2.92 bits per heavy atom. The van der Waals surface area contributed by atoms with E-state index in [4.69, 9.17) is 21.6 Å². The van der Waals surface area contributed by atoms with Crippen LogP contribution in [0.3, 0.4) is 0 Å². The zero-order chi connectivity index (χ0) is 9.84. The molecule has 0 aliphatic rings. The van der Waals surface area contributed by atoms with Crippen LogP contribution in [0, 0.1) is 18.3 Å². The van der Waals surface area contributed by atoms with Crippen molar-refractivity contribution in [3.63, 3.8) is 0 Å². The Labute approximate surface area is 81.9 Å². The Kier molecular flexibility index (Phi) is 3.10. The molecule has 0 unspecified atom stereocenters. The van der Waals surface area contributed by atoms with Gasteiger partial charge >= 0.3 is 0 Å². The van der Waals surface area contributed by atoms with Crippen LogP contribution in [0.1, 0.15) is 18.2 Å². The molecule has 68 valence electrons. The van der Waals surface area contributed by atoms with Crippen LogP contribution >= 0.6 is 11.6 Å². The number of aryl methyl sites for hydroxylation is 1. The standard InChI is InChI=1S/C9H9ClN2O/c1-3-13-8-4-7(5-11)6(2)12-9(8)10/h4H,3H2,1-2H3. The van der Waals surface area contributed by atoms with E-state index < -0.39 is 0 Å². The fourth-order valence-corrected chi connectivity index (χ4v) is 1.16. The van der Waals surface area contributed by atoms with Crippen LogP contribution in [-0.2, 0) is 0 Å². The second-order valence-electron chi connectivity index (χ2n) is 2.46. The van der Waals surface area contributed by atoms with Crippen LogP contribution in [0.25, 0.3) is 0 Å². The molecule has 3 nitrogen and oxygen atoms in total. The molecule has 0 aromatic carbocycles. The summed E-state index contributed by atoms with van der Waals surface area (Å²) >= 11 is 5.79. The molecule has 0 aliphatic carbocycles. The molecule has 4 heteroatoms. The van der Waals surface area contributed by atoms with Gasteiger partial charge in [0, 0.05) is 6.07 Å². The van der Waals surface area contributed by atoms with Crippen molar-refractivity contribution in [3.05, 3.63) is 22.5 Å². The zero-order valence-electron chi connectivity index (χ0n) is 7.47. The highest BCUT2D eigenvalue weighted by Crippen LogP contribution is 2.24. The van der Waals surface area contributed by atoms with Crippen molar-refractivity contribution < 1.29 is 4.74 Å². The molecule has 1 rings (SSSR count). The predicted octanol–water partition coefficient (Wildman–Crippen LogP) is 2.31. The number of ether oxygens (including phenoxy) is 1. The van der Waals surface area contributed by atoms with Crippen LogP contribution in [0.15, 0.2) is 6.07 Å². The van der Waals surface area contributed by atoms with Crippen LogP contribution in [0.5, 0.6) is 5.75 Å². The SMILES string of the molecule is CCOc1cc(C#N)c(C)nc1Cl. The number of nitriles is 1. The molecule has 1 heterocycles. The molecule has 1 aromatic rings. The van der Waals surface area contributed by atoms with Gasteiger partial charge < -0.3 is 4.74 Å². The van der Waals surface area contributed by atoms with Crippen LogP contribution in [-0.4, -0.2) is 11.6 Å². The minimum atomic E-state index is 0.304. The van der Waals surface area contributed by atoms with Crippen molar-refractivity contribution in [2.75, 3.05) is 6.61 Å². The first-order valence-corrected chi connectivity index (χ1v) is 4.27. The summed E-state index contributed by atoms with van der Waals surface area (Å²) in [6.45, 7) is 4.09. The number of aromatic nitrogens is 1. The molecular weight excluding hydrogens is 188 g/mol. The fourth-order valence-electron chi connectivity index (χ4n) is 0.928. The maximum Gasteiger partial charge on any atom is 0.171 e. The van der Waals surface area contributed by atoms with Crippen molar-refractivity contribution in [1.29, 1.82) is 5.26 Å². The number of halogens is 1. The third-order valence-corrected chi connectivity index (χ3v) is 1.83. The molecule has 13 heavy (non-hydrogen) atoms. The highest BCUT2D eigenvalue weighted by atomic mass is 35.5. The van der Waals surface area contributed by atoms with Crippen molar-refractivity contribution in [3.8, 4) is 11.8 Å². The van der Waals surface area contributed by atoms with Gasteiger partial charge in [0.15, 0.2) is 10.9 Å². The Morgan fingerprint density at radius 1 is 1.69 bits per heavy atom. The topological polar surface area (TPSA) is 45.9 Å². The van der Waals surface area contributed by atoms with E-state index in [2.05, 4.69) is 4.98 Å². The van der Waals surface area contributed by atoms with Gasteiger partial charge in [-0.3, -0.25) is 0 Å². The van der Waals surface area contributed by atoms with Crippen LogP contribution in [0.2, 0.25) is 5.15 Å². The Morgan fingerprint density at radius 2 is 2.38 bits per heavy atom. The summed E-state index contributed by atoms with van der Waals surface area (Å²) in [7, 11) is 0. The van der Waals surface area contributed by atoms with E-state index in [0.29, 0.717) is 28.8 Å². The second kappa shape index (κ2) is 4.11. The largest absolute Gasteiger partial charge is 0.491 e. The van der Waals surface area contributed by atoms with E-state index in [1.807, 2.05) is 13.0 Å². The number of pyridine rings is 1. The van der Waals surface area contributed by atoms with Gasteiger partial charge in [-0.1, -0.05) is 11.6 Å². The molecule has 0 atom stereocenters. The van der Waals surface area contributed by atoms with Crippen LogP contribution < -0.4 is 4.74 Å². The average molecular weight is 197 g/mol. The molecule has 0 saturated heterocycles. The minimum absolute atomic E-state index is 0.304. The predicted molar refractivity (Wildman–Crippen MR) is 49.9 cm³/mol. The summed E-state index contributed by atoms with van der Waals surface area (Å²) in [6, 6.07) is 3.63. The van der Waals surface area contributed by atoms with Crippen LogP contribution in [0.4, 0.5) is 0 Å². The van der Waals surface area contributed by atoms with E-state index in [0.717, 1.165) is 0 Å². The third-order valence-electron chi connectivity index (χ3n) is 1.55. The first-order chi connectivity index (χ1) is 6.19. The lowest BCUT2D eigenvalue weighted by atomic mass is 10.2. The van der Waals surface area contributed by atoms with Gasteiger partial charge in [0.25, 0.3) is 0 Å². The summed E-state index contributed by atoms with van der Waals surface area (Å²) in [5.41, 5.74) is 1.11. The molecule has 0 radical (unpaired) electrons. The molecule has 1 aromatic heterocycles. The number of hydrogen-bond acceptors (Lipinski definition) is 3. The maximum atomic E-state index is 8.71. The number of rotatable bonds is 2. The van der Waals surface area contributed by atoms with Crippen molar-refractivity contribution in [2.45, 2.75) is 13.8 Å². The zero-order valence-corrected chi connectivity index (χ0v) is 8.22. The number of nitrogens with zero attached hydrogens (tertiary/aromatic N) is 2. The monoisotopic (exact) mass is 196 g/mol. The van der Waals surface area contributed by atoms with E-state index >= 15 is 0 Å². The fraction of sp³-hybridized carbons (Fsp3) is 0.333. The second-order valence-corrected chi connectivity index (χ2v) is 2.81. The van der Waals surface area contributed by atoms with E-state index in [1.165, 1.54) is 0 Å². The lowest BCUT2D eigenvalue weighted by Gasteiger charge is -2.05. The molecule has 0 amide bonds. The highest BCUT2D eigenvalue weighted by molar-refractivity contribution is 6.30. The molecule has 0 fully saturated rings. The lowest BCUT2D eigenvalue weighted by Crippen LogP contribution is -1.96. The van der Waals surface area contributed by atoms with Crippen molar-refractivity contribution in [2.24, 2.45) is 0 Å². The lowest BCUT2D eigenvalue weighted by molar-refractivity contribution is 0.339. The summed E-state index contributed by atoms with van der Waals surface area (Å²) in [4.78, 5) is 3.98. The third kappa shape index (κ3) is 2.10. The van der Waals surface area contributed by atoms with Gasteiger partial charge in [0.2, 0.25) is 0 Å². The summed E-state index contributed by atoms with van der Waals surface area (Å²) in [5.74, 6) is 0.464. The first-order valence-electron chi connectivity index (χ1n) is 3.89. The Hall–Kier alpha value is -1.27. The van der Waals surface area contributed by atoms with Gasteiger partial charge in [-0.2, -0.15) is 5.26 Å². The minimum Gasteiger partial charge on any atom is -0.491 e. The normalized spacial score (nSPS) is 9.38. The summed E-state index contributed by atoms with van der Waals surface area (Å²) < 4.78 is 5.19. The molecule has 0 N–H and O–H groups in total. The van der Waals surface area contributed by atoms with E-state index in [-0.39, 0.29) is 0 Å². The van der Waals surface area contributed by atoms with E-state index in [1.54, 1.807) is 13.0 Å².